The maximum Gasteiger partial charge on any atom is 0.247 e. The van der Waals surface area contributed by atoms with Crippen LogP contribution in [0.1, 0.15) is 26.7 Å². The van der Waals surface area contributed by atoms with Crippen molar-refractivity contribution in [1.29, 1.82) is 0 Å². The Morgan fingerprint density at radius 3 is 2.58 bits per heavy atom. The number of sulfone groups is 1. The van der Waals surface area contributed by atoms with E-state index in [-0.39, 0.29) is 41.0 Å². The quantitative estimate of drug-likeness (QED) is 0.732. The largest absolute Gasteiger partial charge is 0.495 e. The zero-order chi connectivity index (χ0) is 19.5. The van der Waals surface area contributed by atoms with Crippen LogP contribution in [0.5, 0.6) is 5.75 Å². The Morgan fingerprint density at radius 1 is 1.38 bits per heavy atom. The molecule has 0 aromatic heterocycles. The second-order valence-corrected chi connectivity index (χ2v) is 10.3. The smallest absolute Gasteiger partial charge is 0.247 e. The number of rotatable bonds is 7. The fourth-order valence-corrected chi connectivity index (χ4v) is 6.76. The Bertz CT molecular complexity index is 880. The molecule has 1 heterocycles. The molecule has 0 unspecified atom stereocenters. The summed E-state index contributed by atoms with van der Waals surface area (Å²) in [6, 6.07) is 3.75. The summed E-state index contributed by atoms with van der Waals surface area (Å²) in [4.78, 5) is 11.2. The zero-order valence-corrected chi connectivity index (χ0v) is 16.7. The molecule has 8 nitrogen and oxygen atoms in total. The molecule has 0 bridgehead atoms. The van der Waals surface area contributed by atoms with E-state index in [1.54, 1.807) is 6.07 Å². The second kappa shape index (κ2) is 7.93. The number of benzene rings is 1. The van der Waals surface area contributed by atoms with E-state index in [9.17, 15) is 21.6 Å². The van der Waals surface area contributed by atoms with Gasteiger partial charge in [-0.2, -0.15) is 4.31 Å². The van der Waals surface area contributed by atoms with Crippen LogP contribution in [0.25, 0.3) is 0 Å². The average molecular weight is 405 g/mol. The number of hydrogen-bond donors (Lipinski definition) is 1. The lowest BCUT2D eigenvalue weighted by Crippen LogP contribution is -2.41. The summed E-state index contributed by atoms with van der Waals surface area (Å²) in [7, 11) is -5.88. The molecule has 146 valence electrons. The summed E-state index contributed by atoms with van der Waals surface area (Å²) in [5, 5.41) is 2.55. The molecule has 1 aliphatic rings. The van der Waals surface area contributed by atoms with Crippen LogP contribution in [0.3, 0.4) is 0 Å². The van der Waals surface area contributed by atoms with Gasteiger partial charge in [0.15, 0.2) is 9.84 Å². The van der Waals surface area contributed by atoms with Crippen molar-refractivity contribution in [2.45, 2.75) is 37.6 Å². The van der Waals surface area contributed by atoms with E-state index in [0.717, 1.165) is 0 Å². The molecule has 1 N–H and O–H groups in total. The first-order chi connectivity index (χ1) is 12.1. The standard InChI is InChI=1S/C16H24N2O6S2/c1-4-8-18(14-7-9-25(20,21)11-14)26(22,23)16-10-13(17-12(2)19)5-6-15(16)24-3/h5-6,10,14H,4,7-9,11H2,1-3H3,(H,17,19)/t14-/m1/s1. The summed E-state index contributed by atoms with van der Waals surface area (Å²) in [5.74, 6) is -0.386. The normalized spacial score (nSPS) is 19.5. The van der Waals surface area contributed by atoms with Gasteiger partial charge < -0.3 is 10.1 Å². The molecule has 1 amide bonds. The first-order valence-corrected chi connectivity index (χ1v) is 11.5. The molecular formula is C16H24N2O6S2. The lowest BCUT2D eigenvalue weighted by atomic mass is 10.2. The molecule has 1 aromatic rings. The van der Waals surface area contributed by atoms with E-state index < -0.39 is 25.9 Å². The number of ether oxygens (including phenoxy) is 1. The molecule has 1 saturated heterocycles. The third kappa shape index (κ3) is 4.54. The number of carbonyl (C=O) groups excluding carboxylic acids is 1. The molecule has 1 aliphatic heterocycles. The van der Waals surface area contributed by atoms with Gasteiger partial charge in [0.2, 0.25) is 15.9 Å². The third-order valence-electron chi connectivity index (χ3n) is 4.13. The van der Waals surface area contributed by atoms with Crippen molar-refractivity contribution in [1.82, 2.24) is 4.31 Å². The van der Waals surface area contributed by atoms with E-state index >= 15 is 0 Å². The summed E-state index contributed by atoms with van der Waals surface area (Å²) in [6.45, 7) is 3.36. The maximum absolute atomic E-state index is 13.3. The van der Waals surface area contributed by atoms with Crippen LogP contribution < -0.4 is 10.1 Å². The van der Waals surface area contributed by atoms with Gasteiger partial charge in [0.1, 0.15) is 10.6 Å². The summed E-state index contributed by atoms with van der Waals surface area (Å²) < 4.78 is 56.6. The Kier molecular flexibility index (Phi) is 6.30. The highest BCUT2D eigenvalue weighted by Gasteiger charge is 2.39. The average Bonchev–Trinajstić information content (AvgIpc) is 2.91. The molecule has 10 heteroatoms. The molecule has 26 heavy (non-hydrogen) atoms. The minimum Gasteiger partial charge on any atom is -0.495 e. The monoisotopic (exact) mass is 404 g/mol. The molecule has 1 fully saturated rings. The minimum atomic E-state index is -4.01. The van der Waals surface area contributed by atoms with Crippen LogP contribution in [0.2, 0.25) is 0 Å². The summed E-state index contributed by atoms with van der Waals surface area (Å²) >= 11 is 0. The maximum atomic E-state index is 13.3. The fourth-order valence-electron chi connectivity index (χ4n) is 3.01. The summed E-state index contributed by atoms with van der Waals surface area (Å²) in [5.41, 5.74) is 0.326. The van der Waals surface area contributed by atoms with Gasteiger partial charge in [0.25, 0.3) is 0 Å². The van der Waals surface area contributed by atoms with Crippen molar-refractivity contribution >= 4 is 31.5 Å². The Balaban J connectivity index is 2.49. The van der Waals surface area contributed by atoms with Gasteiger partial charge in [-0.1, -0.05) is 6.92 Å². The van der Waals surface area contributed by atoms with Crippen molar-refractivity contribution in [2.24, 2.45) is 0 Å². The van der Waals surface area contributed by atoms with Crippen LogP contribution >= 0.6 is 0 Å². The van der Waals surface area contributed by atoms with Crippen molar-refractivity contribution in [3.05, 3.63) is 18.2 Å². The predicted molar refractivity (Wildman–Crippen MR) is 98.5 cm³/mol. The highest BCUT2D eigenvalue weighted by Crippen LogP contribution is 2.32. The Morgan fingerprint density at radius 2 is 2.08 bits per heavy atom. The SMILES string of the molecule is CCCN([C@@H]1CCS(=O)(=O)C1)S(=O)(=O)c1cc(NC(C)=O)ccc1OC. The number of methoxy groups -OCH3 is 1. The van der Waals surface area contributed by atoms with Gasteiger partial charge in [-0.3, -0.25) is 4.79 Å². The van der Waals surface area contributed by atoms with Gasteiger partial charge in [-0.15, -0.1) is 0 Å². The first-order valence-electron chi connectivity index (χ1n) is 8.28. The van der Waals surface area contributed by atoms with E-state index in [0.29, 0.717) is 12.1 Å². The molecule has 2 rings (SSSR count). The summed E-state index contributed by atoms with van der Waals surface area (Å²) in [6.07, 6.45) is 0.818. The first kappa shape index (κ1) is 20.7. The van der Waals surface area contributed by atoms with Crippen LogP contribution in [0, 0.1) is 0 Å². The molecular weight excluding hydrogens is 380 g/mol. The second-order valence-electron chi connectivity index (χ2n) is 6.22. The highest BCUT2D eigenvalue weighted by atomic mass is 32.2. The van der Waals surface area contributed by atoms with E-state index in [1.165, 1.54) is 30.5 Å². The zero-order valence-electron chi connectivity index (χ0n) is 15.1. The minimum absolute atomic E-state index is 0.0174. The van der Waals surface area contributed by atoms with Crippen LogP contribution in [-0.4, -0.2) is 58.3 Å². The van der Waals surface area contributed by atoms with Gasteiger partial charge in [0, 0.05) is 25.2 Å². The lowest BCUT2D eigenvalue weighted by molar-refractivity contribution is -0.114. The van der Waals surface area contributed by atoms with E-state index in [2.05, 4.69) is 5.32 Å². The lowest BCUT2D eigenvalue weighted by Gasteiger charge is -2.27. The van der Waals surface area contributed by atoms with Crippen molar-refractivity contribution < 1.29 is 26.4 Å². The van der Waals surface area contributed by atoms with Crippen LogP contribution in [-0.2, 0) is 24.7 Å². The molecule has 0 spiro atoms. The number of hydrogen-bond acceptors (Lipinski definition) is 6. The van der Waals surface area contributed by atoms with E-state index in [1.807, 2.05) is 6.92 Å². The fraction of sp³-hybridized carbons (Fsp3) is 0.562. The molecule has 0 saturated carbocycles. The molecule has 0 radical (unpaired) electrons. The highest BCUT2D eigenvalue weighted by molar-refractivity contribution is 7.92. The topological polar surface area (TPSA) is 110 Å². The number of sulfonamides is 1. The number of nitrogens with zero attached hydrogens (tertiary/aromatic N) is 1. The number of anilines is 1. The third-order valence-corrected chi connectivity index (χ3v) is 7.85. The number of nitrogens with one attached hydrogen (secondary N) is 1. The van der Waals surface area contributed by atoms with Gasteiger partial charge in [-0.25, -0.2) is 16.8 Å². The van der Waals surface area contributed by atoms with E-state index in [4.69, 9.17) is 4.74 Å². The Labute approximate surface area is 154 Å². The molecule has 1 atom stereocenters. The predicted octanol–water partition coefficient (Wildman–Crippen LogP) is 1.24. The van der Waals surface area contributed by atoms with Gasteiger partial charge in [-0.05, 0) is 31.0 Å². The van der Waals surface area contributed by atoms with Crippen molar-refractivity contribution in [3.63, 3.8) is 0 Å². The Hall–Kier alpha value is -1.65. The van der Waals surface area contributed by atoms with Crippen LogP contribution in [0.15, 0.2) is 23.1 Å². The number of carbonyl (C=O) groups is 1. The van der Waals surface area contributed by atoms with Gasteiger partial charge >= 0.3 is 0 Å². The molecule has 1 aromatic carbocycles. The number of amides is 1. The van der Waals surface area contributed by atoms with Crippen LogP contribution in [0.4, 0.5) is 5.69 Å². The van der Waals surface area contributed by atoms with Crippen molar-refractivity contribution in [2.75, 3.05) is 30.5 Å². The van der Waals surface area contributed by atoms with Crippen molar-refractivity contribution in [3.8, 4) is 5.75 Å². The molecule has 0 aliphatic carbocycles. The van der Waals surface area contributed by atoms with Gasteiger partial charge in [0.05, 0.1) is 18.6 Å².